The molecule has 1 N–H and O–H groups in total. The Morgan fingerprint density at radius 1 is 1.12 bits per heavy atom. The highest BCUT2D eigenvalue weighted by atomic mass is 32.1. The number of nitrogens with one attached hydrogen (secondary N) is 1. The lowest BCUT2D eigenvalue weighted by Gasteiger charge is -2.23. The van der Waals surface area contributed by atoms with Gasteiger partial charge in [-0.3, -0.25) is 0 Å². The molecule has 5 heteroatoms. The van der Waals surface area contributed by atoms with Gasteiger partial charge in [-0.2, -0.15) is 0 Å². The van der Waals surface area contributed by atoms with E-state index in [9.17, 15) is 4.79 Å². The van der Waals surface area contributed by atoms with Crippen LogP contribution in [0.3, 0.4) is 0 Å². The normalized spacial score (nSPS) is 13.2. The first kappa shape index (κ1) is 18.3. The van der Waals surface area contributed by atoms with Crippen LogP contribution >= 0.6 is 11.3 Å². The van der Waals surface area contributed by atoms with Crippen LogP contribution in [-0.2, 0) is 4.74 Å². The van der Waals surface area contributed by atoms with E-state index in [2.05, 4.69) is 29.6 Å². The third-order valence-corrected chi connectivity index (χ3v) is 5.05. The van der Waals surface area contributed by atoms with Crippen molar-refractivity contribution in [1.29, 1.82) is 0 Å². The van der Waals surface area contributed by atoms with Crippen molar-refractivity contribution < 1.29 is 14.3 Å². The third-order valence-electron chi connectivity index (χ3n) is 4.09. The molecule has 2 aromatic carbocycles. The van der Waals surface area contributed by atoms with E-state index in [4.69, 9.17) is 9.47 Å². The summed E-state index contributed by atoms with van der Waals surface area (Å²) in [5.41, 5.74) is 0. The molecule has 4 nitrogen and oxygen atoms in total. The summed E-state index contributed by atoms with van der Waals surface area (Å²) in [5, 5.41) is 7.13. The molecule has 26 heavy (non-hydrogen) atoms. The van der Waals surface area contributed by atoms with Crippen LogP contribution in [0.25, 0.3) is 10.8 Å². The fourth-order valence-electron chi connectivity index (χ4n) is 2.90. The van der Waals surface area contributed by atoms with E-state index in [1.165, 1.54) is 0 Å². The van der Waals surface area contributed by atoms with Crippen LogP contribution in [0.4, 0.5) is 4.79 Å². The molecule has 2 atom stereocenters. The standard InChI is InChI=1S/C21H23NO3S/c1-3-24-21(23)22-15(2)14-19(20-12-7-13-26-20)25-18-11-6-9-16-8-4-5-10-17(16)18/h4-13,15,19H,3,14H2,1-2H3,(H,22,23)/t15?,19-/m0/s1. The molecule has 0 aliphatic rings. The Kier molecular flexibility index (Phi) is 6.12. The van der Waals surface area contributed by atoms with Crippen LogP contribution in [0.5, 0.6) is 5.75 Å². The number of hydrogen-bond donors (Lipinski definition) is 1. The van der Waals surface area contributed by atoms with Gasteiger partial charge in [0, 0.05) is 22.7 Å². The average Bonchev–Trinajstić information content (AvgIpc) is 3.16. The lowest BCUT2D eigenvalue weighted by atomic mass is 10.1. The largest absolute Gasteiger partial charge is 0.484 e. The number of hydrogen-bond acceptors (Lipinski definition) is 4. The number of benzene rings is 2. The summed E-state index contributed by atoms with van der Waals surface area (Å²) in [7, 11) is 0. The number of alkyl carbamates (subject to hydrolysis) is 1. The maximum atomic E-state index is 11.7. The van der Waals surface area contributed by atoms with E-state index in [1.54, 1.807) is 18.3 Å². The molecule has 1 unspecified atom stereocenters. The lowest BCUT2D eigenvalue weighted by molar-refractivity contribution is 0.141. The van der Waals surface area contributed by atoms with E-state index in [0.29, 0.717) is 13.0 Å². The van der Waals surface area contributed by atoms with Crippen molar-refractivity contribution >= 4 is 28.2 Å². The monoisotopic (exact) mass is 369 g/mol. The first-order chi connectivity index (χ1) is 12.7. The van der Waals surface area contributed by atoms with Crippen molar-refractivity contribution in [1.82, 2.24) is 5.32 Å². The number of ether oxygens (including phenoxy) is 2. The minimum atomic E-state index is -0.393. The molecule has 0 aliphatic heterocycles. The summed E-state index contributed by atoms with van der Waals surface area (Å²) in [5.74, 6) is 0.852. The third kappa shape index (κ3) is 4.55. The molecule has 0 spiro atoms. The zero-order valence-electron chi connectivity index (χ0n) is 15.0. The molecule has 0 bridgehead atoms. The van der Waals surface area contributed by atoms with Crippen LogP contribution < -0.4 is 10.1 Å². The highest BCUT2D eigenvalue weighted by molar-refractivity contribution is 7.10. The molecule has 0 saturated heterocycles. The molecule has 1 amide bonds. The predicted octanol–water partition coefficient (Wildman–Crippen LogP) is 5.55. The Morgan fingerprint density at radius 3 is 2.69 bits per heavy atom. The maximum Gasteiger partial charge on any atom is 0.407 e. The molecule has 3 rings (SSSR count). The molecule has 0 radical (unpaired) electrons. The second-order valence-electron chi connectivity index (χ2n) is 6.10. The molecular weight excluding hydrogens is 346 g/mol. The fourth-order valence-corrected chi connectivity index (χ4v) is 3.67. The summed E-state index contributed by atoms with van der Waals surface area (Å²) >= 11 is 1.66. The minimum absolute atomic E-state index is 0.0730. The van der Waals surface area contributed by atoms with E-state index in [1.807, 2.05) is 42.6 Å². The summed E-state index contributed by atoms with van der Waals surface area (Å²) < 4.78 is 11.4. The van der Waals surface area contributed by atoms with Gasteiger partial charge in [-0.25, -0.2) is 4.79 Å². The Morgan fingerprint density at radius 2 is 1.92 bits per heavy atom. The summed E-state index contributed by atoms with van der Waals surface area (Å²) in [6, 6.07) is 18.3. The van der Waals surface area contributed by atoms with E-state index in [-0.39, 0.29) is 12.1 Å². The topological polar surface area (TPSA) is 47.6 Å². The van der Waals surface area contributed by atoms with Gasteiger partial charge in [-0.1, -0.05) is 42.5 Å². The molecule has 1 heterocycles. The van der Waals surface area contributed by atoms with Crippen LogP contribution in [0.2, 0.25) is 0 Å². The molecule has 0 fully saturated rings. The molecular formula is C21H23NO3S. The van der Waals surface area contributed by atoms with Gasteiger partial charge in [0.05, 0.1) is 6.61 Å². The summed E-state index contributed by atoms with van der Waals surface area (Å²) in [4.78, 5) is 12.8. The average molecular weight is 369 g/mol. The van der Waals surface area contributed by atoms with E-state index < -0.39 is 6.09 Å². The van der Waals surface area contributed by atoms with Crippen LogP contribution in [0, 0.1) is 0 Å². The lowest BCUT2D eigenvalue weighted by Crippen LogP contribution is -2.34. The SMILES string of the molecule is CCOC(=O)NC(C)C[C@H](Oc1cccc2ccccc12)c1cccs1. The first-order valence-corrected chi connectivity index (χ1v) is 9.66. The van der Waals surface area contributed by atoms with Crippen molar-refractivity contribution in [2.24, 2.45) is 0 Å². The maximum absolute atomic E-state index is 11.7. The summed E-state index contributed by atoms with van der Waals surface area (Å²) in [6.45, 7) is 4.12. The van der Waals surface area contributed by atoms with Gasteiger partial charge in [0.15, 0.2) is 0 Å². The molecule has 1 aromatic heterocycles. The molecule has 0 aliphatic carbocycles. The number of carbonyl (C=O) groups is 1. The van der Waals surface area contributed by atoms with Gasteiger partial charge in [-0.05, 0) is 36.7 Å². The molecule has 3 aromatic rings. The zero-order chi connectivity index (χ0) is 18.4. The van der Waals surface area contributed by atoms with Gasteiger partial charge in [0.2, 0.25) is 0 Å². The van der Waals surface area contributed by atoms with Gasteiger partial charge in [-0.15, -0.1) is 11.3 Å². The highest BCUT2D eigenvalue weighted by Crippen LogP contribution is 2.33. The van der Waals surface area contributed by atoms with E-state index >= 15 is 0 Å². The number of thiophene rings is 1. The van der Waals surface area contributed by atoms with Crippen molar-refractivity contribution in [2.45, 2.75) is 32.4 Å². The Hall–Kier alpha value is -2.53. The second kappa shape index (κ2) is 8.72. The smallest absolute Gasteiger partial charge is 0.407 e. The minimum Gasteiger partial charge on any atom is -0.484 e. The van der Waals surface area contributed by atoms with Gasteiger partial charge in [0.1, 0.15) is 11.9 Å². The van der Waals surface area contributed by atoms with Crippen LogP contribution in [0.15, 0.2) is 60.0 Å². The number of rotatable bonds is 7. The van der Waals surface area contributed by atoms with Gasteiger partial charge < -0.3 is 14.8 Å². The van der Waals surface area contributed by atoms with Crippen LogP contribution in [0.1, 0.15) is 31.2 Å². The predicted molar refractivity (Wildman–Crippen MR) is 106 cm³/mol. The Bertz CT molecular complexity index is 842. The van der Waals surface area contributed by atoms with Crippen molar-refractivity contribution in [2.75, 3.05) is 6.61 Å². The molecule has 136 valence electrons. The van der Waals surface area contributed by atoms with Crippen LogP contribution in [-0.4, -0.2) is 18.7 Å². The van der Waals surface area contributed by atoms with E-state index in [0.717, 1.165) is 21.4 Å². The first-order valence-electron chi connectivity index (χ1n) is 8.78. The van der Waals surface area contributed by atoms with Crippen molar-refractivity contribution in [3.63, 3.8) is 0 Å². The van der Waals surface area contributed by atoms with Crippen molar-refractivity contribution in [3.8, 4) is 5.75 Å². The highest BCUT2D eigenvalue weighted by Gasteiger charge is 2.20. The number of amides is 1. The van der Waals surface area contributed by atoms with Crippen molar-refractivity contribution in [3.05, 3.63) is 64.9 Å². The molecule has 0 saturated carbocycles. The Labute approximate surface area is 157 Å². The van der Waals surface area contributed by atoms with Gasteiger partial charge >= 0.3 is 6.09 Å². The number of carbonyl (C=O) groups excluding carboxylic acids is 1. The zero-order valence-corrected chi connectivity index (χ0v) is 15.8. The summed E-state index contributed by atoms with van der Waals surface area (Å²) in [6.07, 6.45) is 0.121. The Balaban J connectivity index is 1.80. The quantitative estimate of drug-likeness (QED) is 0.594. The van der Waals surface area contributed by atoms with Gasteiger partial charge in [0.25, 0.3) is 0 Å². The second-order valence-corrected chi connectivity index (χ2v) is 7.08. The fraction of sp³-hybridized carbons (Fsp3) is 0.286. The number of fused-ring (bicyclic) bond motifs is 1.